The number of hydrogen-bond acceptors (Lipinski definition) is 5. The summed E-state index contributed by atoms with van der Waals surface area (Å²) in [5.74, 6) is 6.79. The molecule has 0 spiro atoms. The molecule has 0 atom stereocenters. The first-order chi connectivity index (χ1) is 11.2. The summed E-state index contributed by atoms with van der Waals surface area (Å²) >= 11 is 1.75. The molecule has 0 aliphatic carbocycles. The lowest BCUT2D eigenvalue weighted by molar-refractivity contribution is 0.120. The molecule has 3 heterocycles. The van der Waals surface area contributed by atoms with Crippen molar-refractivity contribution in [3.63, 3.8) is 0 Å². The van der Waals surface area contributed by atoms with E-state index < -0.39 is 0 Å². The Balaban J connectivity index is 1.47. The Kier molecular flexibility index (Phi) is 5.47. The fourth-order valence-corrected chi connectivity index (χ4v) is 3.60. The maximum Gasteiger partial charge on any atom is 0.122 e. The second-order valence-corrected chi connectivity index (χ2v) is 6.76. The first-order valence-corrected chi connectivity index (χ1v) is 8.70. The molecule has 0 unspecified atom stereocenters. The van der Waals surface area contributed by atoms with Crippen LogP contribution in [0.25, 0.3) is 0 Å². The van der Waals surface area contributed by atoms with Gasteiger partial charge < -0.3 is 9.67 Å². The van der Waals surface area contributed by atoms with Crippen molar-refractivity contribution < 1.29 is 5.11 Å². The van der Waals surface area contributed by atoms with Crippen LogP contribution in [0.5, 0.6) is 0 Å². The highest BCUT2D eigenvalue weighted by molar-refractivity contribution is 7.10. The minimum absolute atomic E-state index is 0.0802. The zero-order valence-corrected chi connectivity index (χ0v) is 14.2. The molecule has 23 heavy (non-hydrogen) atoms. The molecule has 1 N–H and O–H groups in total. The summed E-state index contributed by atoms with van der Waals surface area (Å²) in [5, 5.41) is 10.8. The molecular weight excluding hydrogens is 308 g/mol. The Morgan fingerprint density at radius 3 is 2.61 bits per heavy atom. The van der Waals surface area contributed by atoms with E-state index in [-0.39, 0.29) is 6.61 Å². The monoisotopic (exact) mass is 330 g/mol. The standard InChI is InChI=1S/C17H22N4OS/c1-19-5-4-18-17(19)13-21-8-6-20(7-9-21)12-16-11-15(14-23-16)3-2-10-22/h4-5,11,14,22H,6-10,12-13H2,1H3. The number of aromatic nitrogens is 2. The molecule has 0 radical (unpaired) electrons. The molecular formula is C17H22N4OS. The molecule has 2 aromatic heterocycles. The van der Waals surface area contributed by atoms with Gasteiger partial charge in [-0.3, -0.25) is 9.80 Å². The van der Waals surface area contributed by atoms with E-state index in [0.29, 0.717) is 0 Å². The molecule has 2 aromatic rings. The number of aryl methyl sites for hydroxylation is 1. The Labute approximate surface area is 141 Å². The maximum absolute atomic E-state index is 8.74. The second-order valence-electron chi connectivity index (χ2n) is 5.77. The zero-order chi connectivity index (χ0) is 16.1. The van der Waals surface area contributed by atoms with E-state index in [2.05, 4.69) is 42.6 Å². The van der Waals surface area contributed by atoms with Crippen molar-refractivity contribution in [3.8, 4) is 11.8 Å². The van der Waals surface area contributed by atoms with Gasteiger partial charge in [0.1, 0.15) is 12.4 Å². The van der Waals surface area contributed by atoms with E-state index in [1.165, 1.54) is 4.88 Å². The Bertz CT molecular complexity index is 689. The summed E-state index contributed by atoms with van der Waals surface area (Å²) in [6, 6.07) is 2.13. The average molecular weight is 330 g/mol. The highest BCUT2D eigenvalue weighted by atomic mass is 32.1. The van der Waals surface area contributed by atoms with E-state index in [4.69, 9.17) is 5.11 Å². The van der Waals surface area contributed by atoms with Crippen molar-refractivity contribution in [3.05, 3.63) is 40.1 Å². The molecule has 1 aliphatic rings. The van der Waals surface area contributed by atoms with Crippen molar-refractivity contribution in [2.75, 3.05) is 32.8 Å². The third-order valence-electron chi connectivity index (χ3n) is 4.10. The molecule has 5 nitrogen and oxygen atoms in total. The van der Waals surface area contributed by atoms with Gasteiger partial charge in [0.25, 0.3) is 0 Å². The Morgan fingerprint density at radius 1 is 1.22 bits per heavy atom. The fraction of sp³-hybridized carbons (Fsp3) is 0.471. The van der Waals surface area contributed by atoms with Gasteiger partial charge in [0.2, 0.25) is 0 Å². The van der Waals surface area contributed by atoms with Crippen LogP contribution in [0.2, 0.25) is 0 Å². The van der Waals surface area contributed by atoms with E-state index in [0.717, 1.165) is 50.7 Å². The number of hydrogen-bond donors (Lipinski definition) is 1. The number of thiophene rings is 1. The number of imidazole rings is 1. The molecule has 0 amide bonds. The van der Waals surface area contributed by atoms with Gasteiger partial charge in [-0.25, -0.2) is 4.98 Å². The largest absolute Gasteiger partial charge is 0.384 e. The first-order valence-electron chi connectivity index (χ1n) is 7.82. The second kappa shape index (κ2) is 7.75. The van der Waals surface area contributed by atoms with Gasteiger partial charge in [0.15, 0.2) is 0 Å². The molecule has 0 aromatic carbocycles. The average Bonchev–Trinajstić information content (AvgIpc) is 3.17. The summed E-state index contributed by atoms with van der Waals surface area (Å²) in [5.41, 5.74) is 1.01. The van der Waals surface area contributed by atoms with Gasteiger partial charge in [-0.1, -0.05) is 11.8 Å². The van der Waals surface area contributed by atoms with E-state index in [9.17, 15) is 0 Å². The summed E-state index contributed by atoms with van der Waals surface area (Å²) in [6.07, 6.45) is 3.86. The van der Waals surface area contributed by atoms with Crippen molar-refractivity contribution in [2.45, 2.75) is 13.1 Å². The molecule has 3 rings (SSSR count). The molecule has 1 fully saturated rings. The van der Waals surface area contributed by atoms with Crippen LogP contribution < -0.4 is 0 Å². The Morgan fingerprint density at radius 2 is 1.96 bits per heavy atom. The van der Waals surface area contributed by atoms with Gasteiger partial charge in [-0.2, -0.15) is 0 Å². The van der Waals surface area contributed by atoms with Gasteiger partial charge in [0, 0.05) is 68.0 Å². The lowest BCUT2D eigenvalue weighted by Gasteiger charge is -2.34. The molecule has 0 saturated carbocycles. The van der Waals surface area contributed by atoms with E-state index in [1.54, 1.807) is 11.3 Å². The molecule has 1 saturated heterocycles. The number of piperazine rings is 1. The zero-order valence-electron chi connectivity index (χ0n) is 13.4. The molecule has 6 heteroatoms. The first kappa shape index (κ1) is 16.2. The van der Waals surface area contributed by atoms with Crippen molar-refractivity contribution in [2.24, 2.45) is 7.05 Å². The van der Waals surface area contributed by atoms with Crippen LogP contribution in [0.1, 0.15) is 16.3 Å². The van der Waals surface area contributed by atoms with Crippen LogP contribution in [-0.2, 0) is 20.1 Å². The fourth-order valence-electron chi connectivity index (χ4n) is 2.75. The lowest BCUT2D eigenvalue weighted by Crippen LogP contribution is -2.45. The van der Waals surface area contributed by atoms with Crippen LogP contribution >= 0.6 is 11.3 Å². The maximum atomic E-state index is 8.74. The molecule has 1 aliphatic heterocycles. The van der Waals surface area contributed by atoms with Crippen LogP contribution in [0.15, 0.2) is 23.8 Å². The van der Waals surface area contributed by atoms with Crippen LogP contribution in [0.4, 0.5) is 0 Å². The van der Waals surface area contributed by atoms with E-state index in [1.807, 2.05) is 19.4 Å². The summed E-state index contributed by atoms with van der Waals surface area (Å²) in [6.45, 7) is 6.16. The lowest BCUT2D eigenvalue weighted by atomic mass is 10.2. The number of aliphatic hydroxyl groups is 1. The van der Waals surface area contributed by atoms with E-state index >= 15 is 0 Å². The third-order valence-corrected chi connectivity index (χ3v) is 5.02. The van der Waals surface area contributed by atoms with Gasteiger partial charge in [-0.05, 0) is 6.07 Å². The predicted octanol–water partition coefficient (Wildman–Crippen LogP) is 1.14. The molecule has 122 valence electrons. The number of rotatable bonds is 4. The van der Waals surface area contributed by atoms with Crippen LogP contribution in [0.3, 0.4) is 0 Å². The van der Waals surface area contributed by atoms with Gasteiger partial charge in [-0.15, -0.1) is 11.3 Å². The van der Waals surface area contributed by atoms with Crippen LogP contribution in [-0.4, -0.2) is 57.2 Å². The van der Waals surface area contributed by atoms with Crippen molar-refractivity contribution in [1.29, 1.82) is 0 Å². The summed E-state index contributed by atoms with van der Waals surface area (Å²) < 4.78 is 2.09. The minimum atomic E-state index is -0.0802. The SMILES string of the molecule is Cn1ccnc1CN1CCN(Cc2cc(C#CCO)cs2)CC1. The van der Waals surface area contributed by atoms with Gasteiger partial charge >= 0.3 is 0 Å². The van der Waals surface area contributed by atoms with Crippen molar-refractivity contribution >= 4 is 11.3 Å². The normalized spacial score (nSPS) is 16.3. The number of aliphatic hydroxyl groups excluding tert-OH is 1. The summed E-state index contributed by atoms with van der Waals surface area (Å²) in [7, 11) is 2.05. The minimum Gasteiger partial charge on any atom is -0.384 e. The smallest absolute Gasteiger partial charge is 0.122 e. The predicted molar refractivity (Wildman–Crippen MR) is 92.0 cm³/mol. The van der Waals surface area contributed by atoms with Gasteiger partial charge in [0.05, 0.1) is 6.54 Å². The summed E-state index contributed by atoms with van der Waals surface area (Å²) in [4.78, 5) is 10.7. The quantitative estimate of drug-likeness (QED) is 0.854. The topological polar surface area (TPSA) is 44.5 Å². The third kappa shape index (κ3) is 4.43. The number of nitrogens with zero attached hydrogens (tertiary/aromatic N) is 4. The van der Waals surface area contributed by atoms with Crippen molar-refractivity contribution in [1.82, 2.24) is 19.4 Å². The Hall–Kier alpha value is -1.65. The van der Waals surface area contributed by atoms with Crippen LogP contribution in [0, 0.1) is 11.8 Å². The highest BCUT2D eigenvalue weighted by Gasteiger charge is 2.18. The highest BCUT2D eigenvalue weighted by Crippen LogP contribution is 2.17. The molecule has 0 bridgehead atoms.